The highest BCUT2D eigenvalue weighted by Crippen LogP contribution is 2.11. The molecule has 0 radical (unpaired) electrons. The summed E-state index contributed by atoms with van der Waals surface area (Å²) >= 11 is 5.81. The van der Waals surface area contributed by atoms with E-state index in [9.17, 15) is 4.79 Å². The van der Waals surface area contributed by atoms with Crippen molar-refractivity contribution in [2.75, 3.05) is 7.11 Å². The van der Waals surface area contributed by atoms with E-state index < -0.39 is 5.97 Å². The van der Waals surface area contributed by atoms with Crippen LogP contribution in [0.25, 0.3) is 0 Å². The van der Waals surface area contributed by atoms with Gasteiger partial charge in [-0.25, -0.2) is 14.8 Å². The summed E-state index contributed by atoms with van der Waals surface area (Å²) in [4.78, 5) is 19.5. The van der Waals surface area contributed by atoms with Gasteiger partial charge in [0.1, 0.15) is 11.0 Å². The van der Waals surface area contributed by atoms with Crippen LogP contribution in [0.5, 0.6) is 0 Å². The summed E-state index contributed by atoms with van der Waals surface area (Å²) in [5.74, 6) is 0.654. The third-order valence-corrected chi connectivity index (χ3v) is 2.27. The molecule has 88 valence electrons. The molecule has 0 spiro atoms. The van der Waals surface area contributed by atoms with Crippen molar-refractivity contribution in [3.05, 3.63) is 22.7 Å². The normalized spacial score (nSPS) is 10.6. The van der Waals surface area contributed by atoms with Crippen LogP contribution < -0.4 is 0 Å². The molecule has 5 heteroatoms. The number of rotatable bonds is 4. The van der Waals surface area contributed by atoms with Gasteiger partial charge in [0.2, 0.25) is 0 Å². The molecule has 0 aliphatic carbocycles. The first-order chi connectivity index (χ1) is 7.52. The van der Waals surface area contributed by atoms with Crippen molar-refractivity contribution in [2.45, 2.75) is 26.7 Å². The zero-order valence-corrected chi connectivity index (χ0v) is 10.4. The molecule has 1 heterocycles. The molecule has 0 N–H and O–H groups in total. The van der Waals surface area contributed by atoms with Crippen molar-refractivity contribution in [3.63, 3.8) is 0 Å². The highest BCUT2D eigenvalue weighted by molar-refractivity contribution is 6.29. The standard InChI is InChI=1S/C11H15ClN2O2/c1-7(2)4-5-10-13-8(11(15)16-3)6-9(12)14-10/h6-7H,4-5H2,1-3H3. The number of carbonyl (C=O) groups excluding carboxylic acids is 1. The van der Waals surface area contributed by atoms with E-state index >= 15 is 0 Å². The lowest BCUT2D eigenvalue weighted by atomic mass is 10.1. The minimum atomic E-state index is -0.491. The molecule has 1 aromatic heterocycles. The molecule has 0 saturated carbocycles. The Morgan fingerprint density at radius 3 is 2.75 bits per heavy atom. The molecule has 4 nitrogen and oxygen atoms in total. The van der Waals surface area contributed by atoms with Crippen LogP contribution >= 0.6 is 11.6 Å². The van der Waals surface area contributed by atoms with E-state index in [2.05, 4.69) is 28.6 Å². The second-order valence-electron chi connectivity index (χ2n) is 3.92. The van der Waals surface area contributed by atoms with Crippen molar-refractivity contribution in [2.24, 2.45) is 5.92 Å². The van der Waals surface area contributed by atoms with Gasteiger partial charge >= 0.3 is 5.97 Å². The average Bonchev–Trinajstić information content (AvgIpc) is 2.24. The van der Waals surface area contributed by atoms with Crippen LogP contribution in [0.3, 0.4) is 0 Å². The summed E-state index contributed by atoms with van der Waals surface area (Å²) in [5, 5.41) is 0.272. The van der Waals surface area contributed by atoms with Crippen LogP contribution in [-0.2, 0) is 11.2 Å². The molecule has 0 atom stereocenters. The molecule has 0 unspecified atom stereocenters. The number of nitrogens with zero attached hydrogens (tertiary/aromatic N) is 2. The maximum Gasteiger partial charge on any atom is 0.356 e. The first-order valence-electron chi connectivity index (χ1n) is 5.14. The first-order valence-corrected chi connectivity index (χ1v) is 5.52. The van der Waals surface area contributed by atoms with E-state index in [0.717, 1.165) is 6.42 Å². The van der Waals surface area contributed by atoms with Gasteiger partial charge in [-0.1, -0.05) is 25.4 Å². The average molecular weight is 243 g/mol. The largest absolute Gasteiger partial charge is 0.464 e. The van der Waals surface area contributed by atoms with Crippen LogP contribution in [0, 0.1) is 5.92 Å². The van der Waals surface area contributed by atoms with Crippen molar-refractivity contribution < 1.29 is 9.53 Å². The Morgan fingerprint density at radius 2 is 2.19 bits per heavy atom. The van der Waals surface area contributed by atoms with Crippen LogP contribution in [-0.4, -0.2) is 23.0 Å². The molecule has 0 aliphatic rings. The third-order valence-electron chi connectivity index (χ3n) is 2.08. The highest BCUT2D eigenvalue weighted by atomic mass is 35.5. The van der Waals surface area contributed by atoms with E-state index in [1.54, 1.807) is 0 Å². The second-order valence-corrected chi connectivity index (χ2v) is 4.30. The van der Waals surface area contributed by atoms with Gasteiger partial charge < -0.3 is 4.74 Å². The molecule has 1 rings (SSSR count). The summed E-state index contributed by atoms with van der Waals surface area (Å²) in [6.07, 6.45) is 1.67. The fraction of sp³-hybridized carbons (Fsp3) is 0.545. The lowest BCUT2D eigenvalue weighted by molar-refractivity contribution is 0.0593. The van der Waals surface area contributed by atoms with Gasteiger partial charge in [0.15, 0.2) is 5.69 Å². The lowest BCUT2D eigenvalue weighted by Crippen LogP contribution is -2.08. The zero-order valence-electron chi connectivity index (χ0n) is 9.66. The number of hydrogen-bond donors (Lipinski definition) is 0. The fourth-order valence-corrected chi connectivity index (χ4v) is 1.40. The number of ether oxygens (including phenoxy) is 1. The Kier molecular flexibility index (Phi) is 4.68. The van der Waals surface area contributed by atoms with Gasteiger partial charge in [0, 0.05) is 12.5 Å². The number of esters is 1. The molecule has 0 amide bonds. The smallest absolute Gasteiger partial charge is 0.356 e. The van der Waals surface area contributed by atoms with Gasteiger partial charge in [0.05, 0.1) is 7.11 Å². The van der Waals surface area contributed by atoms with Crippen molar-refractivity contribution in [1.82, 2.24) is 9.97 Å². The van der Waals surface area contributed by atoms with Gasteiger partial charge in [-0.15, -0.1) is 0 Å². The molecule has 0 aromatic carbocycles. The third kappa shape index (κ3) is 3.77. The number of aryl methyl sites for hydroxylation is 1. The van der Waals surface area contributed by atoms with Crippen molar-refractivity contribution in [1.29, 1.82) is 0 Å². The summed E-state index contributed by atoms with van der Waals surface area (Å²) in [6, 6.07) is 1.41. The number of methoxy groups -OCH3 is 1. The van der Waals surface area contributed by atoms with Gasteiger partial charge in [-0.3, -0.25) is 0 Å². The lowest BCUT2D eigenvalue weighted by Gasteiger charge is -2.05. The van der Waals surface area contributed by atoms with E-state index in [1.165, 1.54) is 13.2 Å². The molecule has 0 fully saturated rings. The van der Waals surface area contributed by atoms with Gasteiger partial charge in [0.25, 0.3) is 0 Å². The van der Waals surface area contributed by atoms with Crippen molar-refractivity contribution in [3.8, 4) is 0 Å². The Bertz CT molecular complexity index is 380. The Balaban J connectivity index is 2.85. The van der Waals surface area contributed by atoms with E-state index in [-0.39, 0.29) is 10.8 Å². The number of aromatic nitrogens is 2. The quantitative estimate of drug-likeness (QED) is 0.601. The van der Waals surface area contributed by atoms with E-state index in [1.807, 2.05) is 0 Å². The fourth-order valence-electron chi connectivity index (χ4n) is 1.20. The number of halogens is 1. The SMILES string of the molecule is COC(=O)c1cc(Cl)nc(CCC(C)C)n1. The predicted molar refractivity (Wildman–Crippen MR) is 61.5 cm³/mol. The monoisotopic (exact) mass is 242 g/mol. The topological polar surface area (TPSA) is 52.1 Å². The Morgan fingerprint density at radius 1 is 1.50 bits per heavy atom. The molecule has 0 aliphatic heterocycles. The molecule has 1 aromatic rings. The summed E-state index contributed by atoms with van der Waals surface area (Å²) < 4.78 is 4.58. The summed E-state index contributed by atoms with van der Waals surface area (Å²) in [6.45, 7) is 4.23. The number of carbonyl (C=O) groups is 1. The van der Waals surface area contributed by atoms with Crippen LogP contribution in [0.15, 0.2) is 6.07 Å². The van der Waals surface area contributed by atoms with Crippen LogP contribution in [0.4, 0.5) is 0 Å². The van der Waals surface area contributed by atoms with E-state index in [4.69, 9.17) is 11.6 Å². The maximum atomic E-state index is 11.3. The van der Waals surface area contributed by atoms with Gasteiger partial charge in [-0.05, 0) is 12.3 Å². The predicted octanol–water partition coefficient (Wildman–Crippen LogP) is 2.51. The second kappa shape index (κ2) is 5.80. The highest BCUT2D eigenvalue weighted by Gasteiger charge is 2.11. The summed E-state index contributed by atoms with van der Waals surface area (Å²) in [7, 11) is 1.31. The summed E-state index contributed by atoms with van der Waals surface area (Å²) in [5.41, 5.74) is 0.209. The Labute approximate surface area is 100 Å². The first kappa shape index (κ1) is 12.9. The molecule has 0 bridgehead atoms. The van der Waals surface area contributed by atoms with Crippen LogP contribution in [0.2, 0.25) is 5.15 Å². The van der Waals surface area contributed by atoms with E-state index in [0.29, 0.717) is 18.2 Å². The minimum absolute atomic E-state index is 0.209. The minimum Gasteiger partial charge on any atom is -0.464 e. The van der Waals surface area contributed by atoms with Crippen molar-refractivity contribution >= 4 is 17.6 Å². The molecular weight excluding hydrogens is 228 g/mol. The van der Waals surface area contributed by atoms with Crippen LogP contribution in [0.1, 0.15) is 36.6 Å². The number of hydrogen-bond acceptors (Lipinski definition) is 4. The molecule has 16 heavy (non-hydrogen) atoms. The zero-order chi connectivity index (χ0) is 12.1. The molecular formula is C11H15ClN2O2. The van der Waals surface area contributed by atoms with Gasteiger partial charge in [-0.2, -0.15) is 0 Å². The molecule has 0 saturated heterocycles. The maximum absolute atomic E-state index is 11.3. The Hall–Kier alpha value is -1.16.